The quantitative estimate of drug-likeness (QED) is 0.522. The number of nitrogens with one attached hydrogen (secondary N) is 1. The van der Waals surface area contributed by atoms with Crippen molar-refractivity contribution in [3.05, 3.63) is 29.7 Å². The van der Waals surface area contributed by atoms with Gasteiger partial charge in [0.25, 0.3) is 0 Å². The summed E-state index contributed by atoms with van der Waals surface area (Å²) in [6, 6.07) is 1.57. The van der Waals surface area contributed by atoms with Gasteiger partial charge in [0.2, 0.25) is 10.0 Å². The predicted molar refractivity (Wildman–Crippen MR) is 110 cm³/mol. The summed E-state index contributed by atoms with van der Waals surface area (Å²) < 4.78 is 33.7. The van der Waals surface area contributed by atoms with Crippen LogP contribution in [-0.2, 0) is 35.3 Å². The second-order valence-corrected chi connectivity index (χ2v) is 9.50. The van der Waals surface area contributed by atoms with E-state index in [4.69, 9.17) is 4.52 Å². The minimum absolute atomic E-state index is 0.144. The molecular weight excluding hydrogens is 408 g/mol. The van der Waals surface area contributed by atoms with Crippen molar-refractivity contribution in [1.29, 1.82) is 0 Å². The molecule has 2 aliphatic rings. The molecule has 2 aromatic heterocycles. The predicted octanol–water partition coefficient (Wildman–Crippen LogP) is 0.216. The van der Waals surface area contributed by atoms with E-state index >= 15 is 0 Å². The van der Waals surface area contributed by atoms with E-state index in [1.165, 1.54) is 17.0 Å². The first kappa shape index (κ1) is 20.8. The molecule has 1 fully saturated rings. The summed E-state index contributed by atoms with van der Waals surface area (Å²) in [6.07, 6.45) is 5.90. The molecule has 4 rings (SSSR count). The molecule has 0 aliphatic carbocycles. The Hall–Kier alpha value is -2.47. The molecule has 0 atom stereocenters. The summed E-state index contributed by atoms with van der Waals surface area (Å²) in [5.74, 6) is 2.58. The molecule has 1 N–H and O–H groups in total. The fraction of sp³-hybridized carbons (Fsp3) is 0.667. The highest BCUT2D eigenvalue weighted by Crippen LogP contribution is 2.15. The van der Waals surface area contributed by atoms with Crippen LogP contribution in [0.1, 0.15) is 36.6 Å². The summed E-state index contributed by atoms with van der Waals surface area (Å²) in [7, 11) is -1.68. The van der Waals surface area contributed by atoms with Crippen molar-refractivity contribution >= 4 is 16.0 Å². The van der Waals surface area contributed by atoms with Crippen LogP contribution in [-0.4, -0.2) is 76.7 Å². The second kappa shape index (κ2) is 9.13. The van der Waals surface area contributed by atoms with Gasteiger partial charge in [-0.2, -0.15) is 4.31 Å². The third-order valence-electron chi connectivity index (χ3n) is 5.56. The van der Waals surface area contributed by atoms with Gasteiger partial charge in [-0.15, -0.1) is 10.2 Å². The van der Waals surface area contributed by atoms with E-state index in [2.05, 4.69) is 35.1 Å². The van der Waals surface area contributed by atoms with Gasteiger partial charge in [0.15, 0.2) is 11.8 Å². The summed E-state index contributed by atoms with van der Waals surface area (Å²) in [6.45, 7) is 3.44. The van der Waals surface area contributed by atoms with Gasteiger partial charge in [-0.05, 0) is 12.8 Å². The Morgan fingerprint density at radius 3 is 2.73 bits per heavy atom. The third kappa shape index (κ3) is 4.64. The SMILES string of the molecule is CN=C(NCc1nnc2n1CCCCC2)N1CCN(S(=O)(=O)Cc2ccon2)CC1. The number of hydrogen-bond acceptors (Lipinski definition) is 7. The lowest BCUT2D eigenvalue weighted by atomic mass is 10.2. The molecule has 164 valence electrons. The molecule has 0 saturated carbocycles. The zero-order chi connectivity index (χ0) is 21.0. The van der Waals surface area contributed by atoms with Crippen molar-refractivity contribution in [2.24, 2.45) is 4.99 Å². The smallest absolute Gasteiger partial charge is 0.220 e. The Labute approximate surface area is 176 Å². The fourth-order valence-electron chi connectivity index (χ4n) is 3.93. The van der Waals surface area contributed by atoms with E-state index in [1.54, 1.807) is 13.1 Å². The molecule has 0 spiro atoms. The summed E-state index contributed by atoms with van der Waals surface area (Å²) >= 11 is 0. The average molecular weight is 437 g/mol. The second-order valence-electron chi connectivity index (χ2n) is 7.53. The van der Waals surface area contributed by atoms with Crippen molar-refractivity contribution < 1.29 is 12.9 Å². The van der Waals surface area contributed by atoms with Crippen molar-refractivity contribution in [2.75, 3.05) is 33.2 Å². The maximum Gasteiger partial charge on any atom is 0.220 e. The lowest BCUT2D eigenvalue weighted by Crippen LogP contribution is -2.53. The number of aryl methyl sites for hydroxylation is 1. The third-order valence-corrected chi connectivity index (χ3v) is 7.37. The van der Waals surface area contributed by atoms with Crippen LogP contribution in [0.25, 0.3) is 0 Å². The first-order valence-corrected chi connectivity index (χ1v) is 11.9. The lowest BCUT2D eigenvalue weighted by Gasteiger charge is -2.35. The van der Waals surface area contributed by atoms with Gasteiger partial charge in [0.05, 0.1) is 12.2 Å². The molecule has 4 heterocycles. The molecule has 12 heteroatoms. The van der Waals surface area contributed by atoms with Crippen LogP contribution >= 0.6 is 0 Å². The first-order valence-electron chi connectivity index (χ1n) is 10.3. The van der Waals surface area contributed by atoms with Crippen LogP contribution < -0.4 is 5.32 Å². The minimum atomic E-state index is -3.42. The van der Waals surface area contributed by atoms with Crippen LogP contribution in [0, 0.1) is 0 Å². The van der Waals surface area contributed by atoms with E-state index in [9.17, 15) is 8.42 Å². The van der Waals surface area contributed by atoms with Crippen LogP contribution in [0.2, 0.25) is 0 Å². The molecule has 1 saturated heterocycles. The first-order chi connectivity index (χ1) is 14.6. The molecule has 0 aromatic carbocycles. The van der Waals surface area contributed by atoms with Crippen LogP contribution in [0.4, 0.5) is 0 Å². The standard InChI is InChI=1S/C18H28N8O3S/c1-19-18(20-13-17-22-21-16-5-3-2-4-7-26(16)17)24-8-10-25(11-9-24)30(27,28)14-15-6-12-29-23-15/h6,12H,2-5,7-11,13-14H2,1H3,(H,19,20). The van der Waals surface area contributed by atoms with E-state index in [0.717, 1.165) is 43.4 Å². The van der Waals surface area contributed by atoms with Gasteiger partial charge in [-0.25, -0.2) is 8.42 Å². The van der Waals surface area contributed by atoms with E-state index in [0.29, 0.717) is 38.4 Å². The van der Waals surface area contributed by atoms with Gasteiger partial charge < -0.3 is 19.3 Å². The monoisotopic (exact) mass is 436 g/mol. The maximum atomic E-state index is 12.6. The molecule has 0 radical (unpaired) electrons. The average Bonchev–Trinajstić information content (AvgIpc) is 3.32. The molecule has 0 unspecified atom stereocenters. The zero-order valence-corrected chi connectivity index (χ0v) is 18.0. The number of nitrogens with zero attached hydrogens (tertiary/aromatic N) is 7. The van der Waals surface area contributed by atoms with E-state index in [-0.39, 0.29) is 5.75 Å². The van der Waals surface area contributed by atoms with Gasteiger partial charge in [-0.1, -0.05) is 11.6 Å². The number of rotatable bonds is 5. The number of sulfonamides is 1. The summed E-state index contributed by atoms with van der Waals surface area (Å²) in [4.78, 5) is 6.44. The molecule has 0 amide bonds. The molecule has 2 aliphatic heterocycles. The van der Waals surface area contributed by atoms with Crippen LogP contribution in [0.3, 0.4) is 0 Å². The number of aliphatic imine (C=N–C) groups is 1. The van der Waals surface area contributed by atoms with Crippen molar-refractivity contribution in [2.45, 2.75) is 44.5 Å². The molecule has 30 heavy (non-hydrogen) atoms. The number of hydrogen-bond donors (Lipinski definition) is 1. The van der Waals surface area contributed by atoms with Gasteiger partial charge >= 0.3 is 0 Å². The Kier molecular flexibility index (Phi) is 6.32. The van der Waals surface area contributed by atoms with Gasteiger partial charge in [0.1, 0.15) is 17.8 Å². The Morgan fingerprint density at radius 1 is 1.17 bits per heavy atom. The van der Waals surface area contributed by atoms with E-state index in [1.807, 2.05) is 0 Å². The zero-order valence-electron chi connectivity index (χ0n) is 17.2. The topological polar surface area (TPSA) is 122 Å². The van der Waals surface area contributed by atoms with Crippen molar-refractivity contribution in [3.63, 3.8) is 0 Å². The van der Waals surface area contributed by atoms with Crippen LogP contribution in [0.15, 0.2) is 21.8 Å². The number of aromatic nitrogens is 4. The van der Waals surface area contributed by atoms with Crippen molar-refractivity contribution in [1.82, 2.24) is 34.4 Å². The van der Waals surface area contributed by atoms with E-state index < -0.39 is 10.0 Å². The van der Waals surface area contributed by atoms with Gasteiger partial charge in [-0.3, -0.25) is 4.99 Å². The van der Waals surface area contributed by atoms with Crippen molar-refractivity contribution in [3.8, 4) is 0 Å². The number of piperazine rings is 1. The lowest BCUT2D eigenvalue weighted by molar-refractivity contribution is 0.259. The Bertz CT molecular complexity index is 962. The summed E-state index contributed by atoms with van der Waals surface area (Å²) in [5, 5.41) is 15.7. The largest absolute Gasteiger partial charge is 0.364 e. The van der Waals surface area contributed by atoms with Crippen LogP contribution in [0.5, 0.6) is 0 Å². The molecule has 2 aromatic rings. The Morgan fingerprint density at radius 2 is 2.00 bits per heavy atom. The van der Waals surface area contributed by atoms with Gasteiger partial charge in [0, 0.05) is 52.3 Å². The Balaban J connectivity index is 1.32. The normalized spacial score (nSPS) is 18.8. The fourth-order valence-corrected chi connectivity index (χ4v) is 5.36. The highest BCUT2D eigenvalue weighted by Gasteiger charge is 2.29. The summed E-state index contributed by atoms with van der Waals surface area (Å²) in [5.41, 5.74) is 0.419. The molecule has 11 nitrogen and oxygen atoms in total. The molecule has 0 bridgehead atoms. The highest BCUT2D eigenvalue weighted by molar-refractivity contribution is 7.88. The maximum absolute atomic E-state index is 12.6. The number of fused-ring (bicyclic) bond motifs is 1. The molecular formula is C18H28N8O3S. The highest BCUT2D eigenvalue weighted by atomic mass is 32.2. The number of guanidine groups is 1. The minimum Gasteiger partial charge on any atom is -0.364 e.